The number of hydrogen-bond donors (Lipinski definition) is 1. The van der Waals surface area contributed by atoms with Gasteiger partial charge in [-0.2, -0.15) is 14.5 Å². The zero-order valence-corrected chi connectivity index (χ0v) is 19.2. The number of fused-ring (bicyclic) bond motifs is 2. The zero-order valence-electron chi connectivity index (χ0n) is 18.3. The normalized spacial score (nSPS) is 30.6. The minimum atomic E-state index is -3.71. The first-order valence-corrected chi connectivity index (χ1v) is 12.1. The van der Waals surface area contributed by atoms with Crippen molar-refractivity contribution in [2.24, 2.45) is 28.1 Å². The first-order chi connectivity index (χ1) is 14.5. The minimum absolute atomic E-state index is 0.0595. The molecule has 1 saturated heterocycles. The molecule has 4 heterocycles. The van der Waals surface area contributed by atoms with Crippen molar-refractivity contribution in [3.63, 3.8) is 0 Å². The van der Waals surface area contributed by atoms with Crippen LogP contribution in [0.2, 0.25) is 0 Å². The van der Waals surface area contributed by atoms with E-state index in [0.29, 0.717) is 32.4 Å². The van der Waals surface area contributed by atoms with Gasteiger partial charge in [0.25, 0.3) is 10.0 Å². The van der Waals surface area contributed by atoms with Crippen LogP contribution in [0.25, 0.3) is 0 Å². The predicted molar refractivity (Wildman–Crippen MR) is 113 cm³/mol. The number of Topliss-reactive ketones (excluding diaryl/α,β-unsaturated/α-hetero) is 1. The molecule has 0 bridgehead atoms. The molecule has 1 N–H and O–H groups in total. The Morgan fingerprint density at radius 3 is 2.71 bits per heavy atom. The Morgan fingerprint density at radius 2 is 2.03 bits per heavy atom. The largest absolute Gasteiger partial charge is 0.342 e. The molecule has 31 heavy (non-hydrogen) atoms. The highest BCUT2D eigenvalue weighted by Gasteiger charge is 2.54. The lowest BCUT2D eigenvalue weighted by Gasteiger charge is -2.50. The number of carbonyl (C=O) groups is 1. The van der Waals surface area contributed by atoms with Crippen LogP contribution in [0.5, 0.6) is 0 Å². The van der Waals surface area contributed by atoms with Crippen LogP contribution in [0.1, 0.15) is 46.5 Å². The van der Waals surface area contributed by atoms with Crippen molar-refractivity contribution in [1.29, 1.82) is 0 Å². The summed E-state index contributed by atoms with van der Waals surface area (Å²) in [6, 6.07) is 1.24. The van der Waals surface area contributed by atoms with Gasteiger partial charge in [-0.15, -0.1) is 5.11 Å². The molecule has 1 aliphatic carbocycles. The van der Waals surface area contributed by atoms with E-state index in [4.69, 9.17) is 0 Å². The van der Waals surface area contributed by atoms with Gasteiger partial charge in [-0.3, -0.25) is 9.48 Å². The van der Waals surface area contributed by atoms with Gasteiger partial charge in [0.2, 0.25) is 0 Å². The van der Waals surface area contributed by atoms with E-state index in [2.05, 4.69) is 34.5 Å². The molecule has 0 amide bonds. The summed E-state index contributed by atoms with van der Waals surface area (Å²) in [5.41, 5.74) is 2.17. The van der Waals surface area contributed by atoms with Crippen LogP contribution in [-0.4, -0.2) is 47.4 Å². The lowest BCUT2D eigenvalue weighted by atomic mass is 9.59. The molecule has 166 valence electrons. The molecule has 1 aromatic heterocycles. The molecule has 0 radical (unpaired) electrons. The fraction of sp³-hybridized carbons (Fsp3) is 0.619. The number of piperidine rings is 1. The Balaban J connectivity index is 1.54. The highest BCUT2D eigenvalue weighted by Crippen LogP contribution is 2.56. The van der Waals surface area contributed by atoms with E-state index >= 15 is 0 Å². The highest BCUT2D eigenvalue weighted by molar-refractivity contribution is 7.89. The first kappa shape index (κ1) is 20.6. The molecular formula is C21H28N6O3S. The first-order valence-electron chi connectivity index (χ1n) is 10.7. The number of allylic oxidation sites excluding steroid dienone is 2. The van der Waals surface area contributed by atoms with Crippen molar-refractivity contribution in [3.05, 3.63) is 34.9 Å². The van der Waals surface area contributed by atoms with Crippen molar-refractivity contribution in [3.8, 4) is 0 Å². The summed E-state index contributed by atoms with van der Waals surface area (Å²) in [4.78, 5) is 13.4. The van der Waals surface area contributed by atoms with E-state index in [1.807, 2.05) is 6.92 Å². The maximum absolute atomic E-state index is 13.4. The van der Waals surface area contributed by atoms with Gasteiger partial charge in [-0.1, -0.05) is 13.8 Å². The molecule has 1 aromatic rings. The Kier molecular flexibility index (Phi) is 4.37. The molecule has 10 heteroatoms. The molecule has 0 aromatic carbocycles. The second kappa shape index (κ2) is 6.59. The number of ketones is 1. The molecule has 2 atom stereocenters. The second-order valence-electron chi connectivity index (χ2n) is 9.97. The number of sulfonamides is 1. The van der Waals surface area contributed by atoms with Crippen molar-refractivity contribution < 1.29 is 13.2 Å². The summed E-state index contributed by atoms with van der Waals surface area (Å²) >= 11 is 0. The molecule has 9 nitrogen and oxygen atoms in total. The number of aryl methyl sites for hydroxylation is 1. The smallest absolute Gasteiger partial charge is 0.262 e. The molecule has 5 rings (SSSR count). The average molecular weight is 445 g/mol. The molecular weight excluding hydrogens is 416 g/mol. The van der Waals surface area contributed by atoms with Crippen LogP contribution in [0.3, 0.4) is 0 Å². The van der Waals surface area contributed by atoms with E-state index in [1.54, 1.807) is 13.2 Å². The molecule has 3 aliphatic heterocycles. The third-order valence-corrected chi connectivity index (χ3v) is 8.95. The van der Waals surface area contributed by atoms with Gasteiger partial charge >= 0.3 is 0 Å². The highest BCUT2D eigenvalue weighted by atomic mass is 32.2. The summed E-state index contributed by atoms with van der Waals surface area (Å²) < 4.78 is 29.5. The Morgan fingerprint density at radius 1 is 1.26 bits per heavy atom. The van der Waals surface area contributed by atoms with Gasteiger partial charge in [0, 0.05) is 54.5 Å². The number of hydrogen-bond acceptors (Lipinski definition) is 7. The van der Waals surface area contributed by atoms with E-state index < -0.39 is 15.4 Å². The average Bonchev–Trinajstić information content (AvgIpc) is 3.29. The van der Waals surface area contributed by atoms with E-state index in [1.165, 1.54) is 15.1 Å². The number of nitrogens with one attached hydrogen (secondary N) is 1. The third kappa shape index (κ3) is 3.02. The second-order valence-corrected chi connectivity index (χ2v) is 11.8. The summed E-state index contributed by atoms with van der Waals surface area (Å²) in [7, 11) is -2.01. The quantitative estimate of drug-likeness (QED) is 0.754. The van der Waals surface area contributed by atoms with Crippen LogP contribution >= 0.6 is 0 Å². The zero-order chi connectivity index (χ0) is 22.2. The third-order valence-electron chi connectivity index (χ3n) is 7.04. The molecule has 1 fully saturated rings. The number of azo groups is 1. The maximum atomic E-state index is 13.4. The summed E-state index contributed by atoms with van der Waals surface area (Å²) in [5, 5.41) is 16.1. The van der Waals surface area contributed by atoms with Crippen LogP contribution < -0.4 is 5.32 Å². The number of rotatable bonds is 2. The van der Waals surface area contributed by atoms with Crippen molar-refractivity contribution in [1.82, 2.24) is 19.4 Å². The number of aromatic nitrogens is 2. The van der Waals surface area contributed by atoms with Gasteiger partial charge in [0.15, 0.2) is 16.6 Å². The van der Waals surface area contributed by atoms with Gasteiger partial charge in [0.05, 0.1) is 6.54 Å². The molecule has 4 aliphatic rings. The lowest BCUT2D eigenvalue weighted by molar-refractivity contribution is -0.119. The van der Waals surface area contributed by atoms with Crippen molar-refractivity contribution in [2.45, 2.75) is 57.5 Å². The van der Waals surface area contributed by atoms with Crippen molar-refractivity contribution in [2.75, 3.05) is 13.1 Å². The van der Waals surface area contributed by atoms with Gasteiger partial charge in [-0.25, -0.2) is 8.42 Å². The van der Waals surface area contributed by atoms with E-state index in [9.17, 15) is 13.2 Å². The minimum Gasteiger partial charge on any atom is -0.342 e. The van der Waals surface area contributed by atoms with Crippen molar-refractivity contribution >= 4 is 15.8 Å². The molecule has 1 spiro atoms. The van der Waals surface area contributed by atoms with Crippen LogP contribution in [-0.2, 0) is 21.9 Å². The monoisotopic (exact) mass is 444 g/mol. The maximum Gasteiger partial charge on any atom is 0.262 e. The number of nitrogens with zero attached hydrogens (tertiary/aromatic N) is 5. The lowest BCUT2D eigenvalue weighted by Crippen LogP contribution is -2.53. The van der Waals surface area contributed by atoms with Gasteiger partial charge < -0.3 is 5.32 Å². The predicted octanol–water partition coefficient (Wildman–Crippen LogP) is 2.50. The number of carbonyl (C=O) groups excluding carboxylic acids is 1. The van der Waals surface area contributed by atoms with Gasteiger partial charge in [0.1, 0.15) is 0 Å². The Labute approximate surface area is 182 Å². The topological polar surface area (TPSA) is 109 Å². The number of dihydropyridines is 1. The SMILES string of the molecule is C[C@H]1C[C@@]2(CCN1S(=O)(=O)c1ccn(C)n1)C1=C(N=NC1)NC1=C2C(=O)CC(C)(C)C1. The Bertz CT molecular complexity index is 1180. The molecule has 0 saturated carbocycles. The Hall–Kier alpha value is -2.33. The van der Waals surface area contributed by atoms with E-state index in [0.717, 1.165) is 29.1 Å². The van der Waals surface area contributed by atoms with Gasteiger partial charge in [-0.05, 0) is 37.7 Å². The summed E-state index contributed by atoms with van der Waals surface area (Å²) in [6.45, 7) is 6.91. The van der Waals surface area contributed by atoms with Crippen LogP contribution in [0, 0.1) is 10.8 Å². The fourth-order valence-corrected chi connectivity index (χ4v) is 7.39. The molecule has 0 unspecified atom stereocenters. The summed E-state index contributed by atoms with van der Waals surface area (Å²) in [5.74, 6) is 0.905. The summed E-state index contributed by atoms with van der Waals surface area (Å²) in [6.07, 6.45) is 3.98. The van der Waals surface area contributed by atoms with E-state index in [-0.39, 0.29) is 22.3 Å². The van der Waals surface area contributed by atoms with Crippen LogP contribution in [0.4, 0.5) is 0 Å². The van der Waals surface area contributed by atoms with Crippen LogP contribution in [0.15, 0.2) is 50.2 Å². The fourth-order valence-electron chi connectivity index (χ4n) is 5.81. The standard InChI is InChI=1S/C21H28N6O3S/c1-13-9-21(6-8-27(13)31(29,30)17-5-7-26(4)25-17)14-12-22-24-19(14)23-15-10-20(2,3)11-16(28)18(15)21/h5,7,13,23H,6,8-12H2,1-4H3/t13-,21-/m0/s1.